The first-order valence-electron chi connectivity index (χ1n) is 8.46. The van der Waals surface area contributed by atoms with E-state index in [1.54, 1.807) is 53.7 Å². The van der Waals surface area contributed by atoms with Gasteiger partial charge in [0.15, 0.2) is 0 Å². The van der Waals surface area contributed by atoms with Crippen molar-refractivity contribution in [1.82, 2.24) is 4.31 Å². The molecule has 132 valence electrons. The molecule has 5 nitrogen and oxygen atoms in total. The van der Waals surface area contributed by atoms with E-state index in [1.165, 1.54) is 0 Å². The van der Waals surface area contributed by atoms with Gasteiger partial charge in [0.25, 0.3) is 5.91 Å². The van der Waals surface area contributed by atoms with Gasteiger partial charge in [0.05, 0.1) is 4.90 Å². The number of carbonyl (C=O) groups excluding carboxylic acids is 1. The molecule has 1 fully saturated rings. The van der Waals surface area contributed by atoms with Crippen LogP contribution in [0.5, 0.6) is 0 Å². The van der Waals surface area contributed by atoms with Crippen molar-refractivity contribution in [3.63, 3.8) is 0 Å². The number of amides is 1. The number of sulfonamides is 1. The fourth-order valence-corrected chi connectivity index (χ4v) is 4.58. The second-order valence-corrected chi connectivity index (χ2v) is 8.20. The summed E-state index contributed by atoms with van der Waals surface area (Å²) in [6.07, 6.45) is 2.89. The molecule has 1 aliphatic rings. The molecule has 1 aliphatic heterocycles. The van der Waals surface area contributed by atoms with E-state index in [0.717, 1.165) is 24.8 Å². The number of aryl methyl sites for hydroxylation is 1. The quantitative estimate of drug-likeness (QED) is 0.911. The second kappa shape index (κ2) is 7.37. The lowest BCUT2D eigenvalue weighted by atomic mass is 10.1. The van der Waals surface area contributed by atoms with Crippen LogP contribution in [-0.2, 0) is 10.0 Å². The van der Waals surface area contributed by atoms with Gasteiger partial charge in [-0.05, 0) is 55.7 Å². The first kappa shape index (κ1) is 17.6. The first-order valence-corrected chi connectivity index (χ1v) is 9.90. The highest BCUT2D eigenvalue weighted by atomic mass is 32.2. The number of nitrogens with one attached hydrogen (secondary N) is 1. The molecule has 0 bridgehead atoms. The summed E-state index contributed by atoms with van der Waals surface area (Å²) in [5.74, 6) is -0.213. The number of hydrogen-bond acceptors (Lipinski definition) is 3. The van der Waals surface area contributed by atoms with E-state index in [-0.39, 0.29) is 10.8 Å². The van der Waals surface area contributed by atoms with Gasteiger partial charge >= 0.3 is 0 Å². The topological polar surface area (TPSA) is 66.5 Å². The van der Waals surface area contributed by atoms with E-state index < -0.39 is 10.0 Å². The molecule has 2 aromatic carbocycles. The molecule has 0 spiro atoms. The zero-order valence-corrected chi connectivity index (χ0v) is 15.1. The van der Waals surface area contributed by atoms with Gasteiger partial charge in [0.2, 0.25) is 10.0 Å². The Morgan fingerprint density at radius 2 is 1.68 bits per heavy atom. The SMILES string of the molecule is Cc1cc(S(=O)(=O)N2CCCCC2)ccc1NC(=O)c1ccccc1. The smallest absolute Gasteiger partial charge is 0.255 e. The maximum absolute atomic E-state index is 12.7. The molecule has 0 aliphatic carbocycles. The molecular weight excluding hydrogens is 336 g/mol. The van der Waals surface area contributed by atoms with E-state index >= 15 is 0 Å². The average Bonchev–Trinajstić information content (AvgIpc) is 2.64. The third kappa shape index (κ3) is 3.91. The predicted octanol–water partition coefficient (Wildman–Crippen LogP) is 3.42. The van der Waals surface area contributed by atoms with Crippen LogP contribution in [0.1, 0.15) is 35.2 Å². The van der Waals surface area contributed by atoms with Gasteiger partial charge in [0.1, 0.15) is 0 Å². The fourth-order valence-electron chi connectivity index (χ4n) is 2.98. The van der Waals surface area contributed by atoms with Crippen LogP contribution in [0.25, 0.3) is 0 Å². The third-order valence-corrected chi connectivity index (χ3v) is 6.33. The lowest BCUT2D eigenvalue weighted by molar-refractivity contribution is 0.102. The number of hydrogen-bond donors (Lipinski definition) is 1. The van der Waals surface area contributed by atoms with Gasteiger partial charge in [-0.3, -0.25) is 4.79 Å². The summed E-state index contributed by atoms with van der Waals surface area (Å²) in [6.45, 7) is 2.96. The van der Waals surface area contributed by atoms with Crippen LogP contribution in [0.15, 0.2) is 53.4 Å². The summed E-state index contributed by atoms with van der Waals surface area (Å²) in [7, 11) is -3.46. The van der Waals surface area contributed by atoms with Gasteiger partial charge < -0.3 is 5.32 Å². The Balaban J connectivity index is 1.80. The third-order valence-electron chi connectivity index (χ3n) is 4.43. The van der Waals surface area contributed by atoms with Crippen molar-refractivity contribution in [1.29, 1.82) is 0 Å². The van der Waals surface area contributed by atoms with Crippen molar-refractivity contribution >= 4 is 21.6 Å². The minimum absolute atomic E-state index is 0.213. The Bertz CT molecular complexity index is 857. The lowest BCUT2D eigenvalue weighted by Gasteiger charge is -2.26. The van der Waals surface area contributed by atoms with Gasteiger partial charge in [-0.15, -0.1) is 0 Å². The van der Waals surface area contributed by atoms with Crippen molar-refractivity contribution < 1.29 is 13.2 Å². The number of carbonyl (C=O) groups is 1. The van der Waals surface area contributed by atoms with E-state index in [9.17, 15) is 13.2 Å². The van der Waals surface area contributed by atoms with Crippen LogP contribution in [-0.4, -0.2) is 31.7 Å². The Hall–Kier alpha value is -2.18. The Kier molecular flexibility index (Phi) is 5.20. The highest BCUT2D eigenvalue weighted by Crippen LogP contribution is 2.25. The van der Waals surface area contributed by atoms with Gasteiger partial charge in [-0.1, -0.05) is 24.6 Å². The molecule has 1 amide bonds. The Morgan fingerprint density at radius 1 is 1.00 bits per heavy atom. The average molecular weight is 358 g/mol. The lowest BCUT2D eigenvalue weighted by Crippen LogP contribution is -2.35. The molecule has 1 saturated heterocycles. The number of nitrogens with zero attached hydrogens (tertiary/aromatic N) is 1. The van der Waals surface area contributed by atoms with E-state index in [0.29, 0.717) is 24.3 Å². The fraction of sp³-hybridized carbons (Fsp3) is 0.316. The normalized spacial score (nSPS) is 15.7. The molecule has 25 heavy (non-hydrogen) atoms. The Morgan fingerprint density at radius 3 is 2.32 bits per heavy atom. The van der Waals surface area contributed by atoms with E-state index in [2.05, 4.69) is 5.32 Å². The molecule has 6 heteroatoms. The number of benzene rings is 2. The van der Waals surface area contributed by atoms with Crippen LogP contribution >= 0.6 is 0 Å². The zero-order valence-electron chi connectivity index (χ0n) is 14.2. The number of rotatable bonds is 4. The molecule has 0 unspecified atom stereocenters. The summed E-state index contributed by atoms with van der Waals surface area (Å²) in [5.41, 5.74) is 1.90. The number of anilines is 1. The molecular formula is C19H22N2O3S. The molecule has 3 rings (SSSR count). The van der Waals surface area contributed by atoms with Crippen LogP contribution in [0.2, 0.25) is 0 Å². The molecule has 1 N–H and O–H groups in total. The highest BCUT2D eigenvalue weighted by molar-refractivity contribution is 7.89. The summed E-state index contributed by atoms with van der Waals surface area (Å²) in [6, 6.07) is 13.8. The van der Waals surface area contributed by atoms with Crippen LogP contribution < -0.4 is 5.32 Å². The summed E-state index contributed by atoms with van der Waals surface area (Å²) in [4.78, 5) is 12.5. The van der Waals surface area contributed by atoms with Crippen LogP contribution in [0.3, 0.4) is 0 Å². The van der Waals surface area contributed by atoms with Crippen molar-refractivity contribution in [3.05, 3.63) is 59.7 Å². The molecule has 0 saturated carbocycles. The van der Waals surface area contributed by atoms with Crippen LogP contribution in [0.4, 0.5) is 5.69 Å². The molecule has 0 aromatic heterocycles. The maximum Gasteiger partial charge on any atom is 0.255 e. The number of piperidine rings is 1. The van der Waals surface area contributed by atoms with Crippen molar-refractivity contribution in [2.24, 2.45) is 0 Å². The molecule has 0 radical (unpaired) electrons. The monoisotopic (exact) mass is 358 g/mol. The minimum atomic E-state index is -3.46. The summed E-state index contributed by atoms with van der Waals surface area (Å²) >= 11 is 0. The Labute approximate surface area is 148 Å². The minimum Gasteiger partial charge on any atom is -0.322 e. The highest BCUT2D eigenvalue weighted by Gasteiger charge is 2.26. The van der Waals surface area contributed by atoms with Crippen molar-refractivity contribution in [2.45, 2.75) is 31.1 Å². The van der Waals surface area contributed by atoms with Crippen LogP contribution in [0, 0.1) is 6.92 Å². The first-order chi connectivity index (χ1) is 12.0. The summed E-state index contributed by atoms with van der Waals surface area (Å²) in [5, 5.41) is 2.84. The molecule has 1 heterocycles. The van der Waals surface area contributed by atoms with E-state index in [1.807, 2.05) is 6.07 Å². The van der Waals surface area contributed by atoms with Gasteiger partial charge in [-0.2, -0.15) is 4.31 Å². The van der Waals surface area contributed by atoms with Crippen molar-refractivity contribution in [2.75, 3.05) is 18.4 Å². The predicted molar refractivity (Wildman–Crippen MR) is 98.2 cm³/mol. The maximum atomic E-state index is 12.7. The molecule has 2 aromatic rings. The standard InChI is InChI=1S/C19H22N2O3S/c1-15-14-17(25(23,24)21-12-6-3-7-13-21)10-11-18(15)20-19(22)16-8-4-2-5-9-16/h2,4-5,8-11,14H,3,6-7,12-13H2,1H3,(H,20,22). The van der Waals surface area contributed by atoms with Crippen molar-refractivity contribution in [3.8, 4) is 0 Å². The summed E-state index contributed by atoms with van der Waals surface area (Å²) < 4.78 is 27.0. The largest absolute Gasteiger partial charge is 0.322 e. The second-order valence-electron chi connectivity index (χ2n) is 6.26. The zero-order chi connectivity index (χ0) is 17.9. The molecule has 0 atom stereocenters. The van der Waals surface area contributed by atoms with E-state index in [4.69, 9.17) is 0 Å². The van der Waals surface area contributed by atoms with Gasteiger partial charge in [-0.25, -0.2) is 8.42 Å². The van der Waals surface area contributed by atoms with Gasteiger partial charge in [0, 0.05) is 24.3 Å².